The maximum Gasteiger partial charge on any atom is 0.213 e. The lowest BCUT2D eigenvalue weighted by Gasteiger charge is -2.17. The highest BCUT2D eigenvalue weighted by Crippen LogP contribution is 2.41. The van der Waals surface area contributed by atoms with Gasteiger partial charge in [-0.2, -0.15) is 0 Å². The highest BCUT2D eigenvalue weighted by molar-refractivity contribution is 5.92. The third kappa shape index (κ3) is 10.2. The van der Waals surface area contributed by atoms with Crippen molar-refractivity contribution in [3.05, 3.63) is 257 Å². The summed E-state index contributed by atoms with van der Waals surface area (Å²) in [6.07, 6.45) is -6.15. The van der Waals surface area contributed by atoms with Crippen LogP contribution in [0, 0.1) is 26.6 Å². The molecule has 7 aromatic carbocycles. The van der Waals surface area contributed by atoms with Crippen LogP contribution in [0.15, 0.2) is 213 Å². The Kier molecular flexibility index (Phi) is 10.9. The topological polar surface area (TPSA) is 11.6 Å². The predicted octanol–water partition coefficient (Wildman–Crippen LogP) is 14.5. The molecule has 0 amide bonds. The average Bonchev–Trinajstić information content (AvgIpc) is 3.61. The Morgan fingerprint density at radius 3 is 1.28 bits per heavy atom. The van der Waals surface area contributed by atoms with Crippen molar-refractivity contribution in [1.82, 2.24) is 0 Å². The molecule has 0 radical (unpaired) electrons. The molecule has 0 saturated heterocycles. The lowest BCUT2D eigenvalue weighted by atomic mass is 9.87. The first-order valence-corrected chi connectivity index (χ1v) is 23.9. The molecule has 3 nitrogen and oxygen atoms in total. The van der Waals surface area contributed by atoms with E-state index in [4.69, 9.17) is 0 Å². The smallest absolute Gasteiger partial charge is 0.207 e. The largest absolute Gasteiger partial charge is 0.213 e. The average molecular weight is 935 g/mol. The van der Waals surface area contributed by atoms with Gasteiger partial charge in [0, 0.05) is 62.5 Å². The first-order chi connectivity index (χ1) is 37.6. The summed E-state index contributed by atoms with van der Waals surface area (Å²) in [4.78, 5) is 0. The first kappa shape index (κ1) is 37.8. The molecule has 0 saturated carbocycles. The van der Waals surface area contributed by atoms with Gasteiger partial charge in [0.2, 0.25) is 17.1 Å². The first-order valence-electron chi connectivity index (χ1n) is 27.9. The van der Waals surface area contributed by atoms with Gasteiger partial charge in [0.25, 0.3) is 0 Å². The third-order valence-corrected chi connectivity index (χ3v) is 13.3. The fourth-order valence-electron chi connectivity index (χ4n) is 9.55. The minimum absolute atomic E-state index is 0.0273. The van der Waals surface area contributed by atoms with Crippen LogP contribution >= 0.6 is 0 Å². The number of halogens is 1. The van der Waals surface area contributed by atoms with E-state index in [1.165, 1.54) is 30.3 Å². The summed E-state index contributed by atoms with van der Waals surface area (Å²) in [5, 5.41) is 0. The number of hydrogen-bond donors (Lipinski definition) is 0. The van der Waals surface area contributed by atoms with Crippen molar-refractivity contribution in [3.63, 3.8) is 0 Å². The molecular formula is C67H61FN3+3. The summed E-state index contributed by atoms with van der Waals surface area (Å²) in [5.41, 5.74) is 13.4. The highest BCUT2D eigenvalue weighted by Gasteiger charge is 2.23. The van der Waals surface area contributed by atoms with E-state index in [1.807, 2.05) is 111 Å². The molecule has 0 aliphatic rings. The van der Waals surface area contributed by atoms with Crippen LogP contribution in [0.4, 0.5) is 4.39 Å². The molecule has 0 unspecified atom stereocenters. The maximum atomic E-state index is 16.2. The van der Waals surface area contributed by atoms with Crippen LogP contribution in [0.5, 0.6) is 0 Å². The van der Waals surface area contributed by atoms with Gasteiger partial charge in [0.1, 0.15) is 27.0 Å². The van der Waals surface area contributed by atoms with Crippen molar-refractivity contribution in [3.8, 4) is 78.3 Å². The summed E-state index contributed by atoms with van der Waals surface area (Å²) >= 11 is 0. The van der Waals surface area contributed by atoms with Gasteiger partial charge < -0.3 is 0 Å². The molecule has 3 heterocycles. The summed E-state index contributed by atoms with van der Waals surface area (Å²) in [6, 6.07) is 59.4. The number of nitrogens with zero attached hydrogens (tertiary/aromatic N) is 3. The Morgan fingerprint density at radius 1 is 0.324 bits per heavy atom. The van der Waals surface area contributed by atoms with Crippen molar-refractivity contribution in [2.75, 3.05) is 0 Å². The number of pyridine rings is 3. The van der Waals surface area contributed by atoms with E-state index >= 15 is 4.39 Å². The Morgan fingerprint density at radius 2 is 0.761 bits per heavy atom. The molecule has 0 aliphatic carbocycles. The van der Waals surface area contributed by atoms with E-state index in [0.717, 1.165) is 72.7 Å². The molecule has 0 spiro atoms. The van der Waals surface area contributed by atoms with Crippen LogP contribution in [0.25, 0.3) is 78.3 Å². The molecule has 71 heavy (non-hydrogen) atoms. The summed E-state index contributed by atoms with van der Waals surface area (Å²) in [6.45, 7) is 6.04. The Hall–Kier alpha value is -8.08. The fourth-order valence-corrected chi connectivity index (χ4v) is 9.55. The van der Waals surface area contributed by atoms with Gasteiger partial charge in [-0.1, -0.05) is 133 Å². The number of aromatic nitrogens is 3. The van der Waals surface area contributed by atoms with Crippen molar-refractivity contribution in [1.29, 1.82) is 0 Å². The minimum atomic E-state index is -2.89. The number of aryl methyl sites for hydroxylation is 10. The van der Waals surface area contributed by atoms with Gasteiger partial charge in [-0.05, 0) is 150 Å². The molecule has 4 heteroatoms. The second kappa shape index (κ2) is 20.5. The van der Waals surface area contributed by atoms with Crippen LogP contribution in [-0.2, 0) is 46.6 Å². The van der Waals surface area contributed by atoms with Crippen LogP contribution in [-0.4, -0.2) is 0 Å². The van der Waals surface area contributed by atoms with E-state index in [-0.39, 0.29) is 33.4 Å². The van der Waals surface area contributed by atoms with E-state index in [1.54, 1.807) is 66.0 Å². The number of rotatable bonds is 13. The highest BCUT2D eigenvalue weighted by atomic mass is 19.1. The summed E-state index contributed by atoms with van der Waals surface area (Å²) < 4.78 is 100. The van der Waals surface area contributed by atoms with Crippen molar-refractivity contribution in [2.24, 2.45) is 21.1 Å². The second-order valence-electron chi connectivity index (χ2n) is 18.3. The maximum absolute atomic E-state index is 16.2. The molecule has 0 atom stereocenters. The summed E-state index contributed by atoms with van der Waals surface area (Å²) in [5.74, 6) is -0.612. The quantitative estimate of drug-likeness (QED) is 0.102. The zero-order valence-corrected chi connectivity index (χ0v) is 40.9. The molecular weight excluding hydrogens is 866 g/mol. The SMILES string of the molecule is [2H]C([2H])(c1cc(-c2cc(F)ccc2-c2c[n+](C)c(-c3ccccc3C)cc2-c2ccc(-c3ccccc3)cc2)cc(C([2H])([2H])C([2H])([2H])c2ccc(-c3ccccc3C)[n+](C)c2)c1)C([2H])([2H])c1ccc(-c2ccccc2C)[n+](C)c1. The molecule has 348 valence electrons. The molecule has 10 aromatic rings. The van der Waals surface area contributed by atoms with E-state index < -0.39 is 31.3 Å². The second-order valence-corrected chi connectivity index (χ2v) is 18.3. The number of benzene rings is 7. The Bertz CT molecular complexity index is 3810. The molecule has 0 aliphatic heterocycles. The van der Waals surface area contributed by atoms with Crippen LogP contribution in [0.3, 0.4) is 0 Å². The lowest BCUT2D eigenvalue weighted by molar-refractivity contribution is -0.661. The van der Waals surface area contributed by atoms with E-state index in [0.29, 0.717) is 11.1 Å². The normalized spacial score (nSPS) is 13.7. The molecule has 10 rings (SSSR count). The van der Waals surface area contributed by atoms with Crippen LogP contribution in [0.2, 0.25) is 0 Å². The zero-order chi connectivity index (χ0) is 56.2. The Labute approximate surface area is 430 Å². The van der Waals surface area contributed by atoms with Crippen molar-refractivity contribution >= 4 is 0 Å². The van der Waals surface area contributed by atoms with Gasteiger partial charge in [-0.25, -0.2) is 18.1 Å². The fraction of sp³-hybridized carbons (Fsp3) is 0.149. The van der Waals surface area contributed by atoms with Crippen molar-refractivity contribution < 1.29 is 29.1 Å². The van der Waals surface area contributed by atoms with Gasteiger partial charge in [-0.15, -0.1) is 0 Å². The zero-order valence-electron chi connectivity index (χ0n) is 48.9. The van der Waals surface area contributed by atoms with Gasteiger partial charge in [-0.3, -0.25) is 0 Å². The third-order valence-electron chi connectivity index (χ3n) is 13.3. The van der Waals surface area contributed by atoms with Gasteiger partial charge >= 0.3 is 0 Å². The minimum Gasteiger partial charge on any atom is -0.207 e. The standard InChI is InChI=1S/C67H61FN3/c1-46-16-10-13-21-58(46)65-36-28-49(43-69(65)4)24-26-51-38-52(27-25-50-29-37-66(70(5)44-50)59-22-14-11-17-47(59)2)40-56(39-51)62-41-57(68)34-35-61(62)64-45-71(6)67(60-23-15-12-18-48(60)3)42-63(64)55-32-30-54(31-33-55)53-19-8-7-9-20-53/h7-23,28-45H,24-27H2,1-6H3/q+3/i24D2,25D2,26D2,27D2. The lowest BCUT2D eigenvalue weighted by Crippen LogP contribution is -2.31. The van der Waals surface area contributed by atoms with Gasteiger partial charge in [0.05, 0.1) is 5.56 Å². The molecule has 0 N–H and O–H groups in total. The van der Waals surface area contributed by atoms with Crippen LogP contribution < -0.4 is 13.7 Å². The van der Waals surface area contributed by atoms with E-state index in [9.17, 15) is 11.0 Å². The van der Waals surface area contributed by atoms with E-state index in [2.05, 4.69) is 61.5 Å². The Balaban J connectivity index is 1.18. The van der Waals surface area contributed by atoms with Crippen molar-refractivity contribution in [2.45, 2.75) is 46.3 Å². The van der Waals surface area contributed by atoms with Gasteiger partial charge in [0.15, 0.2) is 18.6 Å². The predicted molar refractivity (Wildman–Crippen MR) is 290 cm³/mol. The molecule has 0 fully saturated rings. The summed E-state index contributed by atoms with van der Waals surface area (Å²) in [7, 11) is 5.51. The monoisotopic (exact) mass is 935 g/mol. The number of hydrogen-bond acceptors (Lipinski definition) is 0. The molecule has 0 bridgehead atoms. The van der Waals surface area contributed by atoms with Crippen LogP contribution in [0.1, 0.15) is 49.9 Å². The molecule has 3 aromatic heterocycles.